The van der Waals surface area contributed by atoms with Gasteiger partial charge in [-0.2, -0.15) is 8.78 Å². The van der Waals surface area contributed by atoms with E-state index in [4.69, 9.17) is 0 Å². The third kappa shape index (κ3) is 7.43. The van der Waals surface area contributed by atoms with Gasteiger partial charge < -0.3 is 15.4 Å². The van der Waals surface area contributed by atoms with Crippen LogP contribution >= 0.6 is 12.4 Å². The van der Waals surface area contributed by atoms with Crippen LogP contribution in [0.2, 0.25) is 0 Å². The number of alkyl halides is 2. The molecule has 0 aliphatic carbocycles. The van der Waals surface area contributed by atoms with Crippen molar-refractivity contribution in [3.63, 3.8) is 0 Å². The van der Waals surface area contributed by atoms with Gasteiger partial charge in [-0.25, -0.2) is 0 Å². The van der Waals surface area contributed by atoms with Gasteiger partial charge in [0.15, 0.2) is 0 Å². The van der Waals surface area contributed by atoms with E-state index in [0.717, 1.165) is 25.1 Å². The van der Waals surface area contributed by atoms with Crippen LogP contribution in [0.25, 0.3) is 0 Å². The second kappa shape index (κ2) is 10.2. The van der Waals surface area contributed by atoms with Gasteiger partial charge in [0.25, 0.3) is 0 Å². The van der Waals surface area contributed by atoms with E-state index in [0.29, 0.717) is 19.4 Å². The summed E-state index contributed by atoms with van der Waals surface area (Å²) in [6.07, 6.45) is 4.01. The van der Waals surface area contributed by atoms with E-state index in [1.54, 1.807) is 12.1 Å². The molecule has 1 heterocycles. The van der Waals surface area contributed by atoms with E-state index >= 15 is 0 Å². The van der Waals surface area contributed by atoms with Crippen LogP contribution < -0.4 is 15.4 Å². The SMILES string of the molecule is Cl.O=C(CCc1ccc(OC(F)F)cc1)NCC1=CCNCC1. The van der Waals surface area contributed by atoms with Gasteiger partial charge in [-0.1, -0.05) is 23.8 Å². The Kier molecular flexibility index (Phi) is 8.58. The van der Waals surface area contributed by atoms with Crippen molar-refractivity contribution in [2.24, 2.45) is 0 Å². The van der Waals surface area contributed by atoms with E-state index in [9.17, 15) is 13.6 Å². The number of hydrogen-bond donors (Lipinski definition) is 2. The van der Waals surface area contributed by atoms with Crippen molar-refractivity contribution in [1.29, 1.82) is 0 Å². The molecule has 1 aromatic carbocycles. The third-order valence-corrected chi connectivity index (χ3v) is 3.46. The maximum Gasteiger partial charge on any atom is 0.387 e. The molecular weight excluding hydrogens is 326 g/mol. The van der Waals surface area contributed by atoms with Gasteiger partial charge in [-0.15, -0.1) is 12.4 Å². The lowest BCUT2D eigenvalue weighted by atomic mass is 10.1. The minimum Gasteiger partial charge on any atom is -0.435 e. The minimum absolute atomic E-state index is 0. The highest BCUT2D eigenvalue weighted by Crippen LogP contribution is 2.15. The lowest BCUT2D eigenvalue weighted by Crippen LogP contribution is -2.29. The van der Waals surface area contributed by atoms with Crippen molar-refractivity contribution in [2.75, 3.05) is 19.6 Å². The normalized spacial score (nSPS) is 14.0. The maximum absolute atomic E-state index is 12.0. The van der Waals surface area contributed by atoms with Crippen LogP contribution in [0, 0.1) is 0 Å². The molecule has 1 amide bonds. The molecule has 23 heavy (non-hydrogen) atoms. The number of carbonyl (C=O) groups excluding carboxylic acids is 1. The number of halogens is 3. The topological polar surface area (TPSA) is 50.4 Å². The van der Waals surface area contributed by atoms with Gasteiger partial charge >= 0.3 is 6.61 Å². The molecule has 0 saturated heterocycles. The zero-order valence-corrected chi connectivity index (χ0v) is 13.5. The summed E-state index contributed by atoms with van der Waals surface area (Å²) in [6, 6.07) is 6.36. The quantitative estimate of drug-likeness (QED) is 0.746. The second-order valence-electron chi connectivity index (χ2n) is 5.12. The number of ether oxygens (including phenoxy) is 1. The first-order valence-electron chi connectivity index (χ1n) is 7.32. The standard InChI is InChI=1S/C16H20F2N2O2.ClH/c17-16(18)22-14-4-1-12(2-5-14)3-6-15(21)20-11-13-7-9-19-10-8-13;/h1-2,4-5,7,16,19H,3,6,8-11H2,(H,20,21);1H. The Labute approximate surface area is 140 Å². The summed E-state index contributed by atoms with van der Waals surface area (Å²) < 4.78 is 28.3. The first-order valence-corrected chi connectivity index (χ1v) is 7.32. The molecule has 0 aromatic heterocycles. The van der Waals surface area contributed by atoms with E-state index in [1.165, 1.54) is 17.7 Å². The number of carbonyl (C=O) groups is 1. The van der Waals surface area contributed by atoms with Crippen molar-refractivity contribution in [1.82, 2.24) is 10.6 Å². The van der Waals surface area contributed by atoms with Crippen LogP contribution in [0.15, 0.2) is 35.9 Å². The number of nitrogens with one attached hydrogen (secondary N) is 2. The summed E-state index contributed by atoms with van der Waals surface area (Å²) in [5, 5.41) is 6.12. The first kappa shape index (κ1) is 19.4. The molecule has 0 fully saturated rings. The Hall–Kier alpha value is -1.66. The lowest BCUT2D eigenvalue weighted by molar-refractivity contribution is -0.120. The predicted octanol–water partition coefficient (Wildman–Crippen LogP) is 2.68. The Morgan fingerprint density at radius 3 is 2.65 bits per heavy atom. The predicted molar refractivity (Wildman–Crippen MR) is 87.2 cm³/mol. The smallest absolute Gasteiger partial charge is 0.387 e. The lowest BCUT2D eigenvalue weighted by Gasteiger charge is -2.14. The number of amides is 1. The van der Waals surface area contributed by atoms with E-state index < -0.39 is 6.61 Å². The van der Waals surface area contributed by atoms with E-state index in [-0.39, 0.29) is 24.1 Å². The first-order chi connectivity index (χ1) is 10.6. The van der Waals surface area contributed by atoms with Crippen molar-refractivity contribution in [2.45, 2.75) is 25.9 Å². The molecule has 0 unspecified atom stereocenters. The average molecular weight is 347 g/mol. The van der Waals surface area contributed by atoms with Gasteiger partial charge in [0.05, 0.1) is 0 Å². The van der Waals surface area contributed by atoms with Gasteiger partial charge in [0.1, 0.15) is 5.75 Å². The molecule has 4 nitrogen and oxygen atoms in total. The zero-order valence-electron chi connectivity index (χ0n) is 12.7. The molecule has 0 saturated carbocycles. The fraction of sp³-hybridized carbons (Fsp3) is 0.438. The van der Waals surface area contributed by atoms with Crippen molar-refractivity contribution >= 4 is 18.3 Å². The van der Waals surface area contributed by atoms with Gasteiger partial charge in [-0.3, -0.25) is 4.79 Å². The van der Waals surface area contributed by atoms with Gasteiger partial charge in [0.2, 0.25) is 5.91 Å². The van der Waals surface area contributed by atoms with Crippen LogP contribution in [0.1, 0.15) is 18.4 Å². The van der Waals surface area contributed by atoms with Gasteiger partial charge in [-0.05, 0) is 37.1 Å². The maximum atomic E-state index is 12.0. The highest BCUT2D eigenvalue weighted by Gasteiger charge is 2.07. The van der Waals surface area contributed by atoms with Crippen molar-refractivity contribution in [3.8, 4) is 5.75 Å². The van der Waals surface area contributed by atoms with Crippen LogP contribution in [0.5, 0.6) is 5.75 Å². The Bertz CT molecular complexity index is 521. The highest BCUT2D eigenvalue weighted by molar-refractivity contribution is 5.85. The molecule has 1 aromatic rings. The molecule has 0 spiro atoms. The molecule has 128 valence electrons. The highest BCUT2D eigenvalue weighted by atomic mass is 35.5. The fourth-order valence-electron chi connectivity index (χ4n) is 2.23. The third-order valence-electron chi connectivity index (χ3n) is 3.46. The summed E-state index contributed by atoms with van der Waals surface area (Å²) in [5.41, 5.74) is 2.17. The summed E-state index contributed by atoms with van der Waals surface area (Å²) in [4.78, 5) is 11.8. The summed E-state index contributed by atoms with van der Waals surface area (Å²) in [7, 11) is 0. The fourth-order valence-corrected chi connectivity index (χ4v) is 2.23. The largest absolute Gasteiger partial charge is 0.435 e. The van der Waals surface area contributed by atoms with Crippen LogP contribution in [-0.2, 0) is 11.2 Å². The van der Waals surface area contributed by atoms with Crippen LogP contribution in [0.3, 0.4) is 0 Å². The number of aryl methyl sites for hydroxylation is 1. The number of benzene rings is 1. The molecule has 2 rings (SSSR count). The Balaban J connectivity index is 0.00000264. The summed E-state index contributed by atoms with van der Waals surface area (Å²) >= 11 is 0. The summed E-state index contributed by atoms with van der Waals surface area (Å²) in [6.45, 7) is -0.407. The molecule has 2 N–H and O–H groups in total. The molecule has 0 bridgehead atoms. The van der Waals surface area contributed by atoms with E-state index in [2.05, 4.69) is 21.4 Å². The molecule has 0 radical (unpaired) electrons. The van der Waals surface area contributed by atoms with Crippen LogP contribution in [0.4, 0.5) is 8.78 Å². The minimum atomic E-state index is -2.82. The van der Waals surface area contributed by atoms with Gasteiger partial charge in [0, 0.05) is 19.5 Å². The Morgan fingerprint density at radius 1 is 1.30 bits per heavy atom. The van der Waals surface area contributed by atoms with E-state index in [1.807, 2.05) is 0 Å². The molecular formula is C16H21ClF2N2O2. The molecule has 1 aliphatic heterocycles. The molecule has 1 aliphatic rings. The zero-order chi connectivity index (χ0) is 15.8. The van der Waals surface area contributed by atoms with Crippen LogP contribution in [-0.4, -0.2) is 32.2 Å². The number of hydrogen-bond acceptors (Lipinski definition) is 3. The average Bonchev–Trinajstić information content (AvgIpc) is 2.53. The van der Waals surface area contributed by atoms with Crippen molar-refractivity contribution < 1.29 is 18.3 Å². The Morgan fingerprint density at radius 2 is 2.04 bits per heavy atom. The molecule has 0 atom stereocenters. The van der Waals surface area contributed by atoms with Crippen molar-refractivity contribution in [3.05, 3.63) is 41.5 Å². The second-order valence-corrected chi connectivity index (χ2v) is 5.12. The monoisotopic (exact) mass is 346 g/mol. The number of rotatable bonds is 7. The summed E-state index contributed by atoms with van der Waals surface area (Å²) in [5.74, 6) is 0.119. The molecule has 7 heteroatoms.